The van der Waals surface area contributed by atoms with Crippen LogP contribution in [0.15, 0.2) is 12.4 Å². The first-order chi connectivity index (χ1) is 8.52. The minimum absolute atomic E-state index is 0.00279. The van der Waals surface area contributed by atoms with Crippen molar-refractivity contribution in [3.63, 3.8) is 0 Å². The lowest BCUT2D eigenvalue weighted by molar-refractivity contribution is -0.119. The van der Waals surface area contributed by atoms with Gasteiger partial charge in [0.05, 0.1) is 11.9 Å². The molecule has 0 radical (unpaired) electrons. The Morgan fingerprint density at radius 1 is 1.56 bits per heavy atom. The summed E-state index contributed by atoms with van der Waals surface area (Å²) < 4.78 is 1.38. The highest BCUT2D eigenvalue weighted by Crippen LogP contribution is 2.07. The average Bonchev–Trinajstić information content (AvgIpc) is 2.72. The largest absolute Gasteiger partial charge is 0.368 e. The van der Waals surface area contributed by atoms with Crippen LogP contribution in [-0.4, -0.2) is 34.7 Å². The van der Waals surface area contributed by atoms with Crippen molar-refractivity contribution < 1.29 is 9.59 Å². The van der Waals surface area contributed by atoms with Gasteiger partial charge in [-0.15, -0.1) is 0 Å². The van der Waals surface area contributed by atoms with E-state index < -0.39 is 5.91 Å². The van der Waals surface area contributed by atoms with Gasteiger partial charge >= 0.3 is 0 Å². The Balaban J connectivity index is 2.48. The van der Waals surface area contributed by atoms with Crippen molar-refractivity contribution >= 4 is 17.5 Å². The van der Waals surface area contributed by atoms with Gasteiger partial charge in [0.2, 0.25) is 11.8 Å². The number of amides is 2. The molecule has 1 rings (SSSR count). The number of rotatable bonds is 7. The first-order valence-electron chi connectivity index (χ1n) is 5.85. The molecule has 0 aliphatic heterocycles. The number of carbonyl (C=O) groups excluding carboxylic acids is 2. The molecule has 0 aromatic carbocycles. The number of nitrogens with two attached hydrogens (primary N) is 1. The third-order valence-corrected chi connectivity index (χ3v) is 2.37. The molecule has 0 bridgehead atoms. The number of aromatic nitrogens is 2. The van der Waals surface area contributed by atoms with Gasteiger partial charge in [-0.3, -0.25) is 14.3 Å². The van der Waals surface area contributed by atoms with E-state index in [1.165, 1.54) is 10.9 Å². The SMILES string of the molecule is CCNCC(C)C(=O)Nc1cnn(CC(N)=O)c1. The topological polar surface area (TPSA) is 102 Å². The van der Waals surface area contributed by atoms with Crippen LogP contribution in [-0.2, 0) is 16.1 Å². The Labute approximate surface area is 106 Å². The van der Waals surface area contributed by atoms with Gasteiger partial charge in [0.15, 0.2) is 0 Å². The van der Waals surface area contributed by atoms with E-state index in [1.807, 2.05) is 13.8 Å². The first-order valence-corrected chi connectivity index (χ1v) is 5.85. The number of hydrogen-bond acceptors (Lipinski definition) is 4. The third kappa shape index (κ3) is 4.54. The van der Waals surface area contributed by atoms with E-state index in [0.29, 0.717) is 12.2 Å². The summed E-state index contributed by atoms with van der Waals surface area (Å²) in [4.78, 5) is 22.5. The minimum Gasteiger partial charge on any atom is -0.368 e. The lowest BCUT2D eigenvalue weighted by Gasteiger charge is -2.10. The van der Waals surface area contributed by atoms with E-state index >= 15 is 0 Å². The second-order valence-electron chi connectivity index (χ2n) is 4.09. The quantitative estimate of drug-likeness (QED) is 0.612. The summed E-state index contributed by atoms with van der Waals surface area (Å²) in [6.07, 6.45) is 3.06. The fourth-order valence-electron chi connectivity index (χ4n) is 1.39. The zero-order valence-corrected chi connectivity index (χ0v) is 10.6. The van der Waals surface area contributed by atoms with Gasteiger partial charge in [0.25, 0.3) is 0 Å². The molecule has 1 unspecified atom stereocenters. The number of primary amides is 1. The van der Waals surface area contributed by atoms with Gasteiger partial charge in [-0.1, -0.05) is 13.8 Å². The van der Waals surface area contributed by atoms with Crippen molar-refractivity contribution in [1.82, 2.24) is 15.1 Å². The smallest absolute Gasteiger partial charge is 0.239 e. The van der Waals surface area contributed by atoms with Gasteiger partial charge < -0.3 is 16.4 Å². The molecular formula is C11H19N5O2. The van der Waals surface area contributed by atoms with Gasteiger partial charge in [0, 0.05) is 18.7 Å². The molecule has 7 heteroatoms. The van der Waals surface area contributed by atoms with Crippen LogP contribution in [0.2, 0.25) is 0 Å². The molecule has 7 nitrogen and oxygen atoms in total. The van der Waals surface area contributed by atoms with Gasteiger partial charge in [-0.25, -0.2) is 0 Å². The van der Waals surface area contributed by atoms with Crippen LogP contribution in [0, 0.1) is 5.92 Å². The van der Waals surface area contributed by atoms with Gasteiger partial charge in [-0.2, -0.15) is 5.10 Å². The second-order valence-corrected chi connectivity index (χ2v) is 4.09. The van der Waals surface area contributed by atoms with Crippen molar-refractivity contribution in [2.75, 3.05) is 18.4 Å². The molecule has 1 aromatic rings. The monoisotopic (exact) mass is 253 g/mol. The standard InChI is InChI=1S/C11H19N5O2/c1-3-13-4-8(2)11(18)15-9-5-14-16(6-9)7-10(12)17/h5-6,8,13H,3-4,7H2,1-2H3,(H2,12,17)(H,15,18). The second kappa shape index (κ2) is 6.75. The lowest BCUT2D eigenvalue weighted by atomic mass is 10.1. The summed E-state index contributed by atoms with van der Waals surface area (Å²) in [6, 6.07) is 0. The molecule has 18 heavy (non-hydrogen) atoms. The van der Waals surface area contributed by atoms with Crippen molar-refractivity contribution in [2.24, 2.45) is 11.7 Å². The summed E-state index contributed by atoms with van der Waals surface area (Å²) in [5, 5.41) is 9.75. The molecule has 0 spiro atoms. The van der Waals surface area contributed by atoms with Crippen LogP contribution in [0.4, 0.5) is 5.69 Å². The molecular weight excluding hydrogens is 234 g/mol. The minimum atomic E-state index is -0.475. The predicted molar refractivity (Wildman–Crippen MR) is 67.8 cm³/mol. The zero-order valence-electron chi connectivity index (χ0n) is 10.6. The molecule has 100 valence electrons. The molecule has 2 amide bonds. The van der Waals surface area contributed by atoms with Crippen molar-refractivity contribution in [2.45, 2.75) is 20.4 Å². The Bertz CT molecular complexity index is 415. The summed E-state index contributed by atoms with van der Waals surface area (Å²) in [5.74, 6) is -0.699. The molecule has 4 N–H and O–H groups in total. The lowest BCUT2D eigenvalue weighted by Crippen LogP contribution is -2.30. The van der Waals surface area contributed by atoms with Crippen LogP contribution >= 0.6 is 0 Å². The predicted octanol–water partition coefficient (Wildman–Crippen LogP) is -0.447. The maximum absolute atomic E-state index is 11.8. The first kappa shape index (κ1) is 14.2. The highest BCUT2D eigenvalue weighted by Gasteiger charge is 2.13. The van der Waals surface area contributed by atoms with Crippen molar-refractivity contribution in [3.05, 3.63) is 12.4 Å². The zero-order chi connectivity index (χ0) is 13.5. The number of hydrogen-bond donors (Lipinski definition) is 3. The van der Waals surface area contributed by atoms with Crippen LogP contribution in [0.1, 0.15) is 13.8 Å². The Kier molecular flexibility index (Phi) is 5.31. The summed E-state index contributed by atoms with van der Waals surface area (Å²) in [5.41, 5.74) is 5.60. The fraction of sp³-hybridized carbons (Fsp3) is 0.545. The Morgan fingerprint density at radius 3 is 2.89 bits per heavy atom. The molecule has 0 aliphatic carbocycles. The summed E-state index contributed by atoms with van der Waals surface area (Å²) in [7, 11) is 0. The number of anilines is 1. The number of carbonyl (C=O) groups is 2. The van der Waals surface area contributed by atoms with Crippen LogP contribution < -0.4 is 16.4 Å². The average molecular weight is 253 g/mol. The molecule has 0 fully saturated rings. The third-order valence-electron chi connectivity index (χ3n) is 2.37. The maximum Gasteiger partial charge on any atom is 0.239 e. The molecule has 0 aliphatic rings. The van der Waals surface area contributed by atoms with E-state index in [9.17, 15) is 9.59 Å². The van der Waals surface area contributed by atoms with Gasteiger partial charge in [-0.05, 0) is 6.54 Å². The van der Waals surface area contributed by atoms with Crippen molar-refractivity contribution in [1.29, 1.82) is 0 Å². The fourth-order valence-corrected chi connectivity index (χ4v) is 1.39. The van der Waals surface area contributed by atoms with Gasteiger partial charge in [0.1, 0.15) is 6.54 Å². The highest BCUT2D eigenvalue weighted by atomic mass is 16.2. The van der Waals surface area contributed by atoms with Crippen LogP contribution in [0.25, 0.3) is 0 Å². The van der Waals surface area contributed by atoms with E-state index in [1.54, 1.807) is 6.20 Å². The molecule has 1 heterocycles. The normalized spacial score (nSPS) is 12.1. The molecule has 0 saturated carbocycles. The van der Waals surface area contributed by atoms with Crippen LogP contribution in [0.3, 0.4) is 0 Å². The van der Waals surface area contributed by atoms with E-state index in [2.05, 4.69) is 15.7 Å². The number of nitrogens with zero attached hydrogens (tertiary/aromatic N) is 2. The summed E-state index contributed by atoms with van der Waals surface area (Å²) >= 11 is 0. The Hall–Kier alpha value is -1.89. The molecule has 1 atom stereocenters. The maximum atomic E-state index is 11.8. The van der Waals surface area contributed by atoms with Crippen LogP contribution in [0.5, 0.6) is 0 Å². The van der Waals surface area contributed by atoms with E-state index in [-0.39, 0.29) is 18.4 Å². The number of nitrogens with one attached hydrogen (secondary N) is 2. The highest BCUT2D eigenvalue weighted by molar-refractivity contribution is 5.92. The molecule has 0 saturated heterocycles. The summed E-state index contributed by atoms with van der Waals surface area (Å²) in [6.45, 7) is 5.28. The Morgan fingerprint density at radius 2 is 2.28 bits per heavy atom. The van der Waals surface area contributed by atoms with Crippen molar-refractivity contribution in [3.8, 4) is 0 Å². The van der Waals surface area contributed by atoms with E-state index in [4.69, 9.17) is 5.73 Å². The van der Waals surface area contributed by atoms with E-state index in [0.717, 1.165) is 6.54 Å². The molecule has 1 aromatic heterocycles.